The van der Waals surface area contributed by atoms with E-state index in [1.54, 1.807) is 11.8 Å². The summed E-state index contributed by atoms with van der Waals surface area (Å²) in [6.07, 6.45) is 0.241. The fraction of sp³-hybridized carbons (Fsp3) is 0.833. The third kappa shape index (κ3) is 4.52. The van der Waals surface area contributed by atoms with Gasteiger partial charge in [-0.3, -0.25) is 4.79 Å². The van der Waals surface area contributed by atoms with Crippen LogP contribution < -0.4 is 5.32 Å². The van der Waals surface area contributed by atoms with Gasteiger partial charge in [-0.25, -0.2) is 4.79 Å². The van der Waals surface area contributed by atoms with Crippen LogP contribution in [0.4, 0.5) is 4.79 Å². The first-order valence-electron chi connectivity index (χ1n) is 6.59. The molecule has 0 radical (unpaired) electrons. The van der Waals surface area contributed by atoms with Gasteiger partial charge in [-0.05, 0) is 13.5 Å². The lowest BCUT2D eigenvalue weighted by Gasteiger charge is -2.34. The molecule has 0 aromatic heterocycles. The summed E-state index contributed by atoms with van der Waals surface area (Å²) in [5.41, 5.74) is 0. The first kappa shape index (κ1) is 14.8. The zero-order chi connectivity index (χ0) is 13.4. The third-order valence-electron chi connectivity index (χ3n) is 2.92. The van der Waals surface area contributed by atoms with Gasteiger partial charge in [0.2, 0.25) is 5.91 Å². The summed E-state index contributed by atoms with van der Waals surface area (Å²) in [5, 5.41) is 3.13. The first-order valence-corrected chi connectivity index (χ1v) is 6.59. The Labute approximate surface area is 108 Å². The Hall–Kier alpha value is -1.30. The van der Waals surface area contributed by atoms with Crippen LogP contribution in [0.15, 0.2) is 0 Å². The van der Waals surface area contributed by atoms with Crippen molar-refractivity contribution in [2.24, 2.45) is 0 Å². The first-order chi connectivity index (χ1) is 8.69. The molecule has 0 atom stereocenters. The summed E-state index contributed by atoms with van der Waals surface area (Å²) < 4.78 is 4.93. The van der Waals surface area contributed by atoms with Crippen LogP contribution in [-0.4, -0.2) is 67.7 Å². The van der Waals surface area contributed by atoms with E-state index in [2.05, 4.69) is 5.32 Å². The topological polar surface area (TPSA) is 61.9 Å². The minimum Gasteiger partial charge on any atom is -0.450 e. The molecule has 0 bridgehead atoms. The largest absolute Gasteiger partial charge is 0.450 e. The average Bonchev–Trinajstić information content (AvgIpc) is 2.39. The number of nitrogens with one attached hydrogen (secondary N) is 1. The van der Waals surface area contributed by atoms with Gasteiger partial charge in [0.05, 0.1) is 6.61 Å². The summed E-state index contributed by atoms with van der Waals surface area (Å²) >= 11 is 0. The second-order valence-electron chi connectivity index (χ2n) is 4.17. The number of amides is 2. The minimum absolute atomic E-state index is 0.152. The number of carbonyl (C=O) groups excluding carboxylic acids is 2. The van der Waals surface area contributed by atoms with E-state index in [9.17, 15) is 9.59 Å². The molecule has 0 unspecified atom stereocenters. The van der Waals surface area contributed by atoms with Crippen molar-refractivity contribution in [2.45, 2.75) is 20.3 Å². The van der Waals surface area contributed by atoms with Gasteiger partial charge in [0.1, 0.15) is 0 Å². The smallest absolute Gasteiger partial charge is 0.409 e. The van der Waals surface area contributed by atoms with Crippen molar-refractivity contribution in [3.05, 3.63) is 0 Å². The Bertz CT molecular complexity index is 276. The molecule has 1 rings (SSSR count). The summed E-state index contributed by atoms with van der Waals surface area (Å²) in [4.78, 5) is 26.8. The van der Waals surface area contributed by atoms with Crippen LogP contribution in [0.1, 0.15) is 20.3 Å². The molecule has 1 N–H and O–H groups in total. The van der Waals surface area contributed by atoms with Crippen molar-refractivity contribution >= 4 is 12.0 Å². The van der Waals surface area contributed by atoms with Gasteiger partial charge in [-0.15, -0.1) is 0 Å². The van der Waals surface area contributed by atoms with Crippen LogP contribution in [0.2, 0.25) is 0 Å². The van der Waals surface area contributed by atoms with Crippen LogP contribution in [-0.2, 0) is 9.53 Å². The van der Waals surface area contributed by atoms with E-state index in [4.69, 9.17) is 4.74 Å². The van der Waals surface area contributed by atoms with Crippen molar-refractivity contribution in [3.63, 3.8) is 0 Å². The Morgan fingerprint density at radius 2 is 1.72 bits per heavy atom. The summed E-state index contributed by atoms with van der Waals surface area (Å²) in [7, 11) is 0. The number of rotatable bonds is 5. The summed E-state index contributed by atoms with van der Waals surface area (Å²) in [6.45, 7) is 8.12. The molecule has 2 amide bonds. The van der Waals surface area contributed by atoms with E-state index in [1.807, 2.05) is 11.8 Å². The van der Waals surface area contributed by atoms with Crippen molar-refractivity contribution < 1.29 is 14.3 Å². The Morgan fingerprint density at radius 1 is 1.11 bits per heavy atom. The third-order valence-corrected chi connectivity index (χ3v) is 2.92. The molecule has 1 saturated heterocycles. The van der Waals surface area contributed by atoms with Gasteiger partial charge in [0.25, 0.3) is 0 Å². The fourth-order valence-electron chi connectivity index (χ4n) is 1.88. The predicted molar refractivity (Wildman–Crippen MR) is 68.3 cm³/mol. The van der Waals surface area contributed by atoms with Crippen molar-refractivity contribution in [1.82, 2.24) is 15.1 Å². The number of nitrogens with zero attached hydrogens (tertiary/aromatic N) is 2. The molecule has 18 heavy (non-hydrogen) atoms. The second kappa shape index (κ2) is 7.92. The van der Waals surface area contributed by atoms with E-state index in [0.29, 0.717) is 45.8 Å². The predicted octanol–water partition coefficient (Wildman–Crippen LogP) is 0.287. The minimum atomic E-state index is -0.280. The molecule has 0 spiro atoms. The molecule has 6 heteroatoms. The zero-order valence-electron chi connectivity index (χ0n) is 11.3. The molecule has 0 aliphatic carbocycles. The SMILES string of the molecule is CCNCCC(=O)N1CCN(C(=O)OCC)CC1. The van der Waals surface area contributed by atoms with Gasteiger partial charge in [0, 0.05) is 39.1 Å². The quantitative estimate of drug-likeness (QED) is 0.719. The number of hydrogen-bond acceptors (Lipinski definition) is 4. The highest BCUT2D eigenvalue weighted by Gasteiger charge is 2.24. The highest BCUT2D eigenvalue weighted by Crippen LogP contribution is 2.05. The normalized spacial score (nSPS) is 15.7. The highest BCUT2D eigenvalue weighted by atomic mass is 16.6. The maximum atomic E-state index is 11.8. The van der Waals surface area contributed by atoms with Gasteiger partial charge in [-0.2, -0.15) is 0 Å². The molecule has 0 aromatic rings. The molecule has 0 saturated carbocycles. The van der Waals surface area contributed by atoms with Crippen molar-refractivity contribution in [1.29, 1.82) is 0 Å². The molecular formula is C12H23N3O3. The maximum Gasteiger partial charge on any atom is 0.409 e. The Kier molecular flexibility index (Phi) is 6.49. The molecule has 0 aromatic carbocycles. The van der Waals surface area contributed by atoms with Crippen LogP contribution in [0, 0.1) is 0 Å². The van der Waals surface area contributed by atoms with Gasteiger partial charge in [0.15, 0.2) is 0 Å². The standard InChI is InChI=1S/C12H23N3O3/c1-3-13-6-5-11(16)14-7-9-15(10-8-14)12(17)18-4-2/h13H,3-10H2,1-2H3. The number of piperazine rings is 1. The van der Waals surface area contributed by atoms with Crippen LogP contribution in [0.25, 0.3) is 0 Å². The van der Waals surface area contributed by atoms with Gasteiger partial charge < -0.3 is 19.9 Å². The Morgan fingerprint density at radius 3 is 2.28 bits per heavy atom. The number of hydrogen-bond donors (Lipinski definition) is 1. The molecule has 1 aliphatic heterocycles. The molecule has 1 aliphatic rings. The van der Waals surface area contributed by atoms with E-state index in [-0.39, 0.29) is 12.0 Å². The van der Waals surface area contributed by atoms with E-state index < -0.39 is 0 Å². The lowest BCUT2D eigenvalue weighted by atomic mass is 10.3. The summed E-state index contributed by atoms with van der Waals surface area (Å²) in [5.74, 6) is 0.152. The van der Waals surface area contributed by atoms with Crippen LogP contribution >= 0.6 is 0 Å². The highest BCUT2D eigenvalue weighted by molar-refractivity contribution is 5.77. The number of carbonyl (C=O) groups is 2. The van der Waals surface area contributed by atoms with E-state index in [1.165, 1.54) is 0 Å². The molecular weight excluding hydrogens is 234 g/mol. The molecule has 1 fully saturated rings. The Balaban J connectivity index is 2.26. The second-order valence-corrected chi connectivity index (χ2v) is 4.17. The monoisotopic (exact) mass is 257 g/mol. The van der Waals surface area contributed by atoms with Crippen molar-refractivity contribution in [3.8, 4) is 0 Å². The molecule has 6 nitrogen and oxygen atoms in total. The average molecular weight is 257 g/mol. The molecule has 104 valence electrons. The zero-order valence-corrected chi connectivity index (χ0v) is 11.3. The maximum absolute atomic E-state index is 11.8. The van der Waals surface area contributed by atoms with E-state index in [0.717, 1.165) is 6.54 Å². The lowest BCUT2D eigenvalue weighted by molar-refractivity contribution is -0.132. The van der Waals surface area contributed by atoms with Crippen molar-refractivity contribution in [2.75, 3.05) is 45.9 Å². The van der Waals surface area contributed by atoms with Crippen LogP contribution in [0.5, 0.6) is 0 Å². The van der Waals surface area contributed by atoms with Crippen LogP contribution in [0.3, 0.4) is 0 Å². The lowest BCUT2D eigenvalue weighted by Crippen LogP contribution is -2.51. The van der Waals surface area contributed by atoms with Gasteiger partial charge in [-0.1, -0.05) is 6.92 Å². The fourth-order valence-corrected chi connectivity index (χ4v) is 1.88. The van der Waals surface area contributed by atoms with Gasteiger partial charge >= 0.3 is 6.09 Å². The summed E-state index contributed by atoms with van der Waals surface area (Å²) in [6, 6.07) is 0. The molecule has 1 heterocycles. The number of ether oxygens (including phenoxy) is 1. The van der Waals surface area contributed by atoms with E-state index >= 15 is 0 Å².